The molecule has 7 rings (SSSR count). The number of rotatable bonds is 8. The topological polar surface area (TPSA) is 35.5 Å². The molecule has 192 valence electrons. The highest BCUT2D eigenvalue weighted by molar-refractivity contribution is 7.97. The molecule has 3 nitrogen and oxygen atoms in total. The summed E-state index contributed by atoms with van der Waals surface area (Å²) in [7, 11) is -0.205. The Morgan fingerprint density at radius 1 is 0.784 bits per heavy atom. The maximum atomic E-state index is 12.8. The zero-order valence-electron chi connectivity index (χ0n) is 22.0. The predicted octanol–water partition coefficient (Wildman–Crippen LogP) is 7.88. The summed E-state index contributed by atoms with van der Waals surface area (Å²) in [6.07, 6.45) is 8.40. The minimum absolute atomic E-state index is 0.0185. The van der Waals surface area contributed by atoms with Crippen LogP contribution >= 0.6 is 0 Å². The van der Waals surface area contributed by atoms with Crippen molar-refractivity contribution in [3.63, 3.8) is 0 Å². The fourth-order valence-electron chi connectivity index (χ4n) is 7.80. The molecule has 4 heteroatoms. The molecular weight excluding hydrogens is 476 g/mol. The molecular formula is C33H37O3S+. The third-order valence-electron chi connectivity index (χ3n) is 8.73. The number of hydrogen-bond donors (Lipinski definition) is 0. The first-order valence-corrected chi connectivity index (χ1v) is 14.9. The van der Waals surface area contributed by atoms with Crippen molar-refractivity contribution in [2.24, 2.45) is 23.2 Å². The van der Waals surface area contributed by atoms with E-state index in [9.17, 15) is 4.79 Å². The maximum Gasteiger partial charge on any atom is 0.309 e. The van der Waals surface area contributed by atoms with E-state index in [0.29, 0.717) is 6.42 Å². The van der Waals surface area contributed by atoms with E-state index < -0.39 is 0 Å². The van der Waals surface area contributed by atoms with Crippen molar-refractivity contribution < 1.29 is 14.3 Å². The Labute approximate surface area is 223 Å². The fraction of sp³-hybridized carbons (Fsp3) is 0.424. The molecule has 0 atom stereocenters. The molecule has 0 amide bonds. The minimum Gasteiger partial charge on any atom is -0.457 e. The van der Waals surface area contributed by atoms with Crippen LogP contribution in [0.3, 0.4) is 0 Å². The van der Waals surface area contributed by atoms with Crippen LogP contribution in [0.2, 0.25) is 0 Å². The highest BCUT2D eigenvalue weighted by Crippen LogP contribution is 2.61. The predicted molar refractivity (Wildman–Crippen MR) is 148 cm³/mol. The maximum absolute atomic E-state index is 12.8. The lowest BCUT2D eigenvalue weighted by molar-refractivity contribution is -0.158. The Bertz CT molecular complexity index is 1160. The summed E-state index contributed by atoms with van der Waals surface area (Å²) in [5.74, 6) is 3.25. The van der Waals surface area contributed by atoms with Crippen molar-refractivity contribution in [2.45, 2.75) is 73.5 Å². The Morgan fingerprint density at radius 3 is 1.76 bits per heavy atom. The van der Waals surface area contributed by atoms with Crippen molar-refractivity contribution >= 4 is 16.9 Å². The van der Waals surface area contributed by atoms with Gasteiger partial charge < -0.3 is 9.47 Å². The fourth-order valence-corrected chi connectivity index (χ4v) is 10.1. The van der Waals surface area contributed by atoms with Crippen LogP contribution in [-0.4, -0.2) is 12.8 Å². The molecule has 0 spiro atoms. The van der Waals surface area contributed by atoms with E-state index in [-0.39, 0.29) is 29.1 Å². The van der Waals surface area contributed by atoms with Crippen molar-refractivity contribution in [2.75, 3.05) is 6.79 Å². The zero-order chi connectivity index (χ0) is 25.4. The summed E-state index contributed by atoms with van der Waals surface area (Å²) < 4.78 is 11.7. The highest BCUT2D eigenvalue weighted by atomic mass is 32.2. The molecule has 4 bridgehead atoms. The molecule has 0 aliphatic heterocycles. The van der Waals surface area contributed by atoms with Gasteiger partial charge in [-0.05, 0) is 111 Å². The van der Waals surface area contributed by atoms with Crippen molar-refractivity contribution in [1.82, 2.24) is 0 Å². The standard InChI is InChI=1S/C33H37O3S/c1-23-13-30(37(28-9-5-3-6-10-28)29-11-7-4-8-12-29)14-24(2)32(23)36-22-35-31(34)21-33-18-25-15-26(19-33)17-27(16-25)20-33/h3-14,25-27H,15-22H2,1-2H3/q+1. The summed E-state index contributed by atoms with van der Waals surface area (Å²) >= 11 is 0. The second kappa shape index (κ2) is 10.2. The van der Waals surface area contributed by atoms with Crippen molar-refractivity contribution in [1.29, 1.82) is 0 Å². The molecule has 4 aliphatic carbocycles. The van der Waals surface area contributed by atoms with E-state index in [0.717, 1.165) is 34.6 Å². The molecule has 0 radical (unpaired) electrons. The molecule has 0 aromatic heterocycles. The number of hydrogen-bond acceptors (Lipinski definition) is 3. The van der Waals surface area contributed by atoms with Crippen LogP contribution in [0.5, 0.6) is 5.75 Å². The van der Waals surface area contributed by atoms with Gasteiger partial charge in [0.2, 0.25) is 6.79 Å². The number of aryl methyl sites for hydroxylation is 2. The van der Waals surface area contributed by atoms with Crippen LogP contribution in [0.15, 0.2) is 87.5 Å². The quantitative estimate of drug-likeness (QED) is 0.175. The third-order valence-corrected chi connectivity index (χ3v) is 10.9. The molecule has 0 N–H and O–H groups in total. The normalized spacial score (nSPS) is 25.9. The van der Waals surface area contributed by atoms with E-state index in [4.69, 9.17) is 9.47 Å². The lowest BCUT2D eigenvalue weighted by Gasteiger charge is -2.56. The van der Waals surface area contributed by atoms with E-state index in [1.54, 1.807) is 0 Å². The first-order valence-electron chi connectivity index (χ1n) is 13.7. The lowest BCUT2D eigenvalue weighted by Crippen LogP contribution is -2.47. The molecule has 0 heterocycles. The molecule has 37 heavy (non-hydrogen) atoms. The molecule has 4 fully saturated rings. The molecule has 4 aliphatic rings. The van der Waals surface area contributed by atoms with Gasteiger partial charge in [-0.1, -0.05) is 36.4 Å². The zero-order valence-corrected chi connectivity index (χ0v) is 22.8. The van der Waals surface area contributed by atoms with E-state index in [2.05, 4.69) is 86.6 Å². The highest BCUT2D eigenvalue weighted by Gasteiger charge is 2.51. The van der Waals surface area contributed by atoms with Crippen LogP contribution in [0.25, 0.3) is 0 Å². The van der Waals surface area contributed by atoms with Crippen LogP contribution < -0.4 is 4.74 Å². The van der Waals surface area contributed by atoms with Crippen molar-refractivity contribution in [3.05, 3.63) is 83.9 Å². The monoisotopic (exact) mass is 513 g/mol. The Hall–Kier alpha value is -2.72. The number of ether oxygens (including phenoxy) is 2. The van der Waals surface area contributed by atoms with Gasteiger partial charge in [0.05, 0.1) is 17.3 Å². The third kappa shape index (κ3) is 5.18. The van der Waals surface area contributed by atoms with Gasteiger partial charge in [-0.3, -0.25) is 4.79 Å². The first-order chi connectivity index (χ1) is 18.0. The van der Waals surface area contributed by atoms with Crippen LogP contribution in [-0.2, 0) is 20.4 Å². The number of carbonyl (C=O) groups excluding carboxylic acids is 1. The number of esters is 1. The second-order valence-corrected chi connectivity index (χ2v) is 13.7. The Morgan fingerprint density at radius 2 is 1.27 bits per heavy atom. The summed E-state index contributed by atoms with van der Waals surface area (Å²) in [4.78, 5) is 16.7. The minimum atomic E-state index is -0.205. The van der Waals surface area contributed by atoms with E-state index >= 15 is 0 Å². The van der Waals surface area contributed by atoms with Crippen molar-refractivity contribution in [3.8, 4) is 5.75 Å². The Kier molecular flexibility index (Phi) is 6.79. The smallest absolute Gasteiger partial charge is 0.309 e. The SMILES string of the molecule is Cc1cc([S+](c2ccccc2)c2ccccc2)cc(C)c1OCOC(=O)CC12CC3CC(CC(C3)C1)C2. The van der Waals surface area contributed by atoms with Crippen LogP contribution in [0.1, 0.15) is 56.1 Å². The van der Waals surface area contributed by atoms with Gasteiger partial charge >= 0.3 is 5.97 Å². The van der Waals surface area contributed by atoms with Gasteiger partial charge in [0, 0.05) is 12.1 Å². The largest absolute Gasteiger partial charge is 0.457 e. The second-order valence-electron chi connectivity index (χ2n) is 11.7. The number of carbonyl (C=O) groups is 1. The van der Waals surface area contributed by atoms with Crippen LogP contribution in [0.4, 0.5) is 0 Å². The van der Waals surface area contributed by atoms with Crippen LogP contribution in [0, 0.1) is 37.0 Å². The van der Waals surface area contributed by atoms with Gasteiger partial charge in [-0.25, -0.2) is 0 Å². The molecule has 0 saturated heterocycles. The lowest BCUT2D eigenvalue weighted by atomic mass is 9.49. The summed E-state index contributed by atoms with van der Waals surface area (Å²) in [6, 6.07) is 25.8. The van der Waals surface area contributed by atoms with E-state index in [1.807, 2.05) is 0 Å². The first kappa shape index (κ1) is 24.6. The molecule has 4 saturated carbocycles. The summed E-state index contributed by atoms with van der Waals surface area (Å²) in [6.45, 7) is 4.15. The molecule has 0 unspecified atom stereocenters. The van der Waals surface area contributed by atoms with Gasteiger partial charge in [0.15, 0.2) is 14.7 Å². The van der Waals surface area contributed by atoms with Gasteiger partial charge in [0.25, 0.3) is 0 Å². The van der Waals surface area contributed by atoms with Gasteiger partial charge in [-0.15, -0.1) is 0 Å². The van der Waals surface area contributed by atoms with Gasteiger partial charge in [-0.2, -0.15) is 0 Å². The average Bonchev–Trinajstić information content (AvgIpc) is 2.86. The molecule has 3 aromatic carbocycles. The summed E-state index contributed by atoms with van der Waals surface area (Å²) in [5.41, 5.74) is 2.33. The molecule has 3 aromatic rings. The number of benzene rings is 3. The van der Waals surface area contributed by atoms with Gasteiger partial charge in [0.1, 0.15) is 5.75 Å². The average molecular weight is 514 g/mol. The summed E-state index contributed by atoms with van der Waals surface area (Å²) in [5, 5.41) is 0. The van der Waals surface area contributed by atoms with E-state index in [1.165, 1.54) is 53.2 Å². The Balaban J connectivity index is 1.13.